The Labute approximate surface area is 104 Å². The van der Waals surface area contributed by atoms with E-state index in [1.165, 1.54) is 16.7 Å². The minimum absolute atomic E-state index is 0.171. The minimum atomic E-state index is -0.311. The molecule has 1 atom stereocenters. The summed E-state index contributed by atoms with van der Waals surface area (Å²) in [5, 5.41) is 3.08. The number of imide groups is 1. The third-order valence-electron chi connectivity index (χ3n) is 2.41. The second-order valence-corrected chi connectivity index (χ2v) is 5.01. The third kappa shape index (κ3) is 2.76. The lowest BCUT2D eigenvalue weighted by atomic mass is 10.4. The van der Waals surface area contributed by atoms with Crippen molar-refractivity contribution in [3.63, 3.8) is 0 Å². The summed E-state index contributed by atoms with van der Waals surface area (Å²) in [5.41, 5.74) is 0. The number of thioether (sulfide) groups is 1. The van der Waals surface area contributed by atoms with Crippen molar-refractivity contribution < 1.29 is 9.59 Å². The van der Waals surface area contributed by atoms with Crippen molar-refractivity contribution in [2.24, 2.45) is 0 Å². The molecule has 1 saturated heterocycles. The van der Waals surface area contributed by atoms with Crippen LogP contribution in [0.1, 0.15) is 6.92 Å². The molecule has 1 fully saturated rings. The molecule has 0 spiro atoms. The van der Waals surface area contributed by atoms with Gasteiger partial charge in [0.2, 0.25) is 5.91 Å². The van der Waals surface area contributed by atoms with Crippen molar-refractivity contribution in [1.29, 1.82) is 0 Å². The zero-order valence-electron chi connectivity index (χ0n) is 9.42. The lowest BCUT2D eigenvalue weighted by Crippen LogP contribution is -2.38. The molecular formula is C11H13N3O2S. The van der Waals surface area contributed by atoms with Crippen LogP contribution in [0.5, 0.6) is 0 Å². The summed E-state index contributed by atoms with van der Waals surface area (Å²) in [7, 11) is 0. The Morgan fingerprint density at radius 3 is 3.00 bits per heavy atom. The van der Waals surface area contributed by atoms with Crippen molar-refractivity contribution in [3.8, 4) is 0 Å². The van der Waals surface area contributed by atoms with Crippen LogP contribution in [-0.2, 0) is 4.79 Å². The van der Waals surface area contributed by atoms with Crippen LogP contribution in [-0.4, -0.2) is 40.2 Å². The van der Waals surface area contributed by atoms with E-state index < -0.39 is 0 Å². The smallest absolute Gasteiger partial charge is 0.324 e. The normalized spacial score (nSPS) is 16.8. The van der Waals surface area contributed by atoms with Crippen molar-refractivity contribution >= 4 is 23.7 Å². The summed E-state index contributed by atoms with van der Waals surface area (Å²) in [5.74, 6) is -0.171. The van der Waals surface area contributed by atoms with Crippen molar-refractivity contribution in [3.05, 3.63) is 24.4 Å². The molecule has 0 radical (unpaired) electrons. The summed E-state index contributed by atoms with van der Waals surface area (Å²) in [6, 6.07) is 5.24. The van der Waals surface area contributed by atoms with E-state index in [0.29, 0.717) is 13.1 Å². The highest BCUT2D eigenvalue weighted by molar-refractivity contribution is 8.00. The highest BCUT2D eigenvalue weighted by Gasteiger charge is 2.30. The highest BCUT2D eigenvalue weighted by atomic mass is 32.2. The molecule has 1 aliphatic heterocycles. The number of carbonyl (C=O) groups is 2. The molecular weight excluding hydrogens is 238 g/mol. The molecule has 1 N–H and O–H groups in total. The number of urea groups is 1. The quantitative estimate of drug-likeness (QED) is 0.818. The Balaban J connectivity index is 1.98. The van der Waals surface area contributed by atoms with Gasteiger partial charge in [0.25, 0.3) is 0 Å². The van der Waals surface area contributed by atoms with Crippen LogP contribution in [0.25, 0.3) is 0 Å². The molecule has 3 amide bonds. The predicted octanol–water partition coefficient (Wildman–Crippen LogP) is 1.11. The first-order valence-electron chi connectivity index (χ1n) is 5.35. The molecule has 0 saturated carbocycles. The summed E-state index contributed by atoms with van der Waals surface area (Å²) in [4.78, 5) is 28.7. The average Bonchev–Trinajstić information content (AvgIpc) is 2.76. The Bertz CT molecular complexity index is 424. The molecule has 17 heavy (non-hydrogen) atoms. The first-order chi connectivity index (χ1) is 8.18. The summed E-state index contributed by atoms with van der Waals surface area (Å²) in [6.45, 7) is 2.77. The van der Waals surface area contributed by atoms with Gasteiger partial charge in [-0.2, -0.15) is 0 Å². The third-order valence-corrected chi connectivity index (χ3v) is 3.44. The number of rotatable bonds is 3. The van der Waals surface area contributed by atoms with Crippen LogP contribution in [0.4, 0.5) is 4.79 Å². The van der Waals surface area contributed by atoms with Crippen LogP contribution in [0.2, 0.25) is 0 Å². The van der Waals surface area contributed by atoms with Crippen LogP contribution >= 0.6 is 11.8 Å². The van der Waals surface area contributed by atoms with E-state index in [0.717, 1.165) is 5.03 Å². The number of nitrogens with zero attached hydrogens (tertiary/aromatic N) is 2. The zero-order valence-corrected chi connectivity index (χ0v) is 10.2. The van der Waals surface area contributed by atoms with E-state index in [-0.39, 0.29) is 17.2 Å². The maximum absolute atomic E-state index is 12.0. The molecule has 6 heteroatoms. The summed E-state index contributed by atoms with van der Waals surface area (Å²) in [6.07, 6.45) is 1.68. The number of pyridine rings is 1. The average molecular weight is 251 g/mol. The fourth-order valence-corrected chi connectivity index (χ4v) is 2.42. The molecule has 1 aromatic rings. The van der Waals surface area contributed by atoms with E-state index >= 15 is 0 Å². The van der Waals surface area contributed by atoms with Crippen LogP contribution in [0.3, 0.4) is 0 Å². The molecule has 1 aromatic heterocycles. The van der Waals surface area contributed by atoms with Crippen LogP contribution in [0, 0.1) is 0 Å². The maximum Gasteiger partial charge on any atom is 0.324 e. The molecule has 5 nitrogen and oxygen atoms in total. The van der Waals surface area contributed by atoms with E-state index in [4.69, 9.17) is 0 Å². The van der Waals surface area contributed by atoms with E-state index in [1.807, 2.05) is 18.2 Å². The molecule has 90 valence electrons. The van der Waals surface area contributed by atoms with Crippen molar-refractivity contribution in [2.75, 3.05) is 13.1 Å². The second kappa shape index (κ2) is 5.18. The lowest BCUT2D eigenvalue weighted by molar-refractivity contribution is -0.126. The van der Waals surface area contributed by atoms with Crippen molar-refractivity contribution in [2.45, 2.75) is 17.2 Å². The molecule has 1 unspecified atom stereocenters. The van der Waals surface area contributed by atoms with Gasteiger partial charge in [0.05, 0.1) is 10.3 Å². The highest BCUT2D eigenvalue weighted by Crippen LogP contribution is 2.22. The Morgan fingerprint density at radius 2 is 2.41 bits per heavy atom. The number of aromatic nitrogens is 1. The van der Waals surface area contributed by atoms with E-state index in [9.17, 15) is 9.59 Å². The molecule has 0 aliphatic carbocycles. The first-order valence-corrected chi connectivity index (χ1v) is 6.23. The number of hydrogen-bond acceptors (Lipinski definition) is 4. The van der Waals surface area contributed by atoms with Crippen LogP contribution in [0.15, 0.2) is 29.4 Å². The van der Waals surface area contributed by atoms with Gasteiger partial charge in [0, 0.05) is 19.3 Å². The largest absolute Gasteiger partial charge is 0.336 e. The molecule has 1 aliphatic rings. The van der Waals surface area contributed by atoms with Gasteiger partial charge in [-0.3, -0.25) is 9.69 Å². The van der Waals surface area contributed by atoms with Gasteiger partial charge in [-0.25, -0.2) is 9.78 Å². The van der Waals surface area contributed by atoms with Gasteiger partial charge in [-0.05, 0) is 19.1 Å². The van der Waals surface area contributed by atoms with E-state index in [1.54, 1.807) is 13.1 Å². The minimum Gasteiger partial charge on any atom is -0.336 e. The van der Waals surface area contributed by atoms with Gasteiger partial charge in [-0.1, -0.05) is 17.8 Å². The predicted molar refractivity (Wildman–Crippen MR) is 64.7 cm³/mol. The fourth-order valence-electron chi connectivity index (χ4n) is 1.55. The van der Waals surface area contributed by atoms with Crippen LogP contribution < -0.4 is 5.32 Å². The topological polar surface area (TPSA) is 62.3 Å². The summed E-state index contributed by atoms with van der Waals surface area (Å²) >= 11 is 1.36. The van der Waals surface area contributed by atoms with Gasteiger partial charge in [0.1, 0.15) is 0 Å². The molecule has 2 rings (SSSR count). The van der Waals surface area contributed by atoms with E-state index in [2.05, 4.69) is 10.3 Å². The first kappa shape index (κ1) is 11.9. The lowest BCUT2D eigenvalue weighted by Gasteiger charge is -2.16. The van der Waals surface area contributed by atoms with Gasteiger partial charge in [-0.15, -0.1) is 0 Å². The second-order valence-electron chi connectivity index (χ2n) is 3.65. The Hall–Kier alpha value is -1.56. The van der Waals surface area contributed by atoms with Gasteiger partial charge >= 0.3 is 6.03 Å². The number of carbonyl (C=O) groups excluding carboxylic acids is 2. The molecule has 0 aromatic carbocycles. The number of amides is 3. The van der Waals surface area contributed by atoms with Crippen molar-refractivity contribution in [1.82, 2.24) is 15.2 Å². The Morgan fingerprint density at radius 1 is 1.59 bits per heavy atom. The summed E-state index contributed by atoms with van der Waals surface area (Å²) < 4.78 is 0. The fraction of sp³-hybridized carbons (Fsp3) is 0.364. The number of hydrogen-bond donors (Lipinski definition) is 1. The molecule has 2 heterocycles. The molecule has 0 bridgehead atoms. The standard InChI is InChI=1S/C11H13N3O2S/c1-8(17-9-4-2-3-5-12-9)10(15)14-7-6-13-11(14)16/h2-5,8H,6-7H2,1H3,(H,13,16). The maximum atomic E-state index is 12.0. The van der Waals surface area contributed by atoms with Gasteiger partial charge in [0.15, 0.2) is 0 Å². The Kier molecular flexibility index (Phi) is 3.63. The monoisotopic (exact) mass is 251 g/mol. The number of nitrogens with one attached hydrogen (secondary N) is 1. The SMILES string of the molecule is CC(Sc1ccccn1)C(=O)N1CCNC1=O. The zero-order chi connectivity index (χ0) is 12.3. The van der Waals surface area contributed by atoms with Gasteiger partial charge < -0.3 is 5.32 Å².